The Morgan fingerprint density at radius 1 is 1.02 bits per heavy atom. The lowest BCUT2D eigenvalue weighted by atomic mass is 10.0. The minimum absolute atomic E-state index is 0.0372. The molecule has 1 saturated heterocycles. The maximum absolute atomic E-state index is 12.7. The number of alkyl halides is 3. The number of nitrogens with zero attached hydrogens (tertiary/aromatic N) is 5. The number of nitrogens with two attached hydrogens (primary N) is 1. The van der Waals surface area contributed by atoms with Crippen molar-refractivity contribution < 1.29 is 22.7 Å². The summed E-state index contributed by atoms with van der Waals surface area (Å²) in [4.78, 5) is 22.5. The number of amides is 1. The average molecular weight is 581 g/mol. The number of rotatable bonds is 8. The number of amidine groups is 2. The molecule has 0 saturated carbocycles. The molecule has 8 nitrogen and oxygen atoms in total. The highest BCUT2D eigenvalue weighted by Crippen LogP contribution is 2.33. The number of thioether (sulfide) groups is 1. The summed E-state index contributed by atoms with van der Waals surface area (Å²) in [7, 11) is 0. The molecule has 1 heterocycles. The second-order valence-corrected chi connectivity index (χ2v) is 10.1. The normalized spacial score (nSPS) is 15.9. The summed E-state index contributed by atoms with van der Waals surface area (Å²) >= 11 is 1.35. The van der Waals surface area contributed by atoms with Crippen LogP contribution in [0.3, 0.4) is 0 Å². The van der Waals surface area contributed by atoms with Gasteiger partial charge in [-0.25, -0.2) is 9.98 Å². The lowest BCUT2D eigenvalue weighted by molar-refractivity contribution is -0.274. The number of carbonyl (C=O) groups is 1. The van der Waals surface area contributed by atoms with E-state index in [0.717, 1.165) is 28.9 Å². The van der Waals surface area contributed by atoms with Crippen LogP contribution in [0.4, 0.5) is 24.5 Å². The monoisotopic (exact) mass is 580 g/mol. The van der Waals surface area contributed by atoms with Gasteiger partial charge in [0, 0.05) is 5.56 Å². The highest BCUT2D eigenvalue weighted by atomic mass is 32.2. The van der Waals surface area contributed by atoms with Gasteiger partial charge in [-0.05, 0) is 54.3 Å². The fourth-order valence-corrected chi connectivity index (χ4v) is 4.69. The fraction of sp³-hybridized carbons (Fsp3) is 0.207. The summed E-state index contributed by atoms with van der Waals surface area (Å²) in [5, 5.41) is 9.31. The zero-order chi connectivity index (χ0) is 29.6. The van der Waals surface area contributed by atoms with E-state index in [0.29, 0.717) is 27.9 Å². The third kappa shape index (κ3) is 7.82. The van der Waals surface area contributed by atoms with Crippen LogP contribution in [-0.4, -0.2) is 41.1 Å². The lowest BCUT2D eigenvalue weighted by Gasteiger charge is -2.21. The minimum atomic E-state index is -4.76. The van der Waals surface area contributed by atoms with Gasteiger partial charge >= 0.3 is 6.36 Å². The van der Waals surface area contributed by atoms with Gasteiger partial charge in [0.1, 0.15) is 17.9 Å². The molecule has 1 amide bonds. The molecule has 41 heavy (non-hydrogen) atoms. The Morgan fingerprint density at radius 2 is 1.68 bits per heavy atom. The number of para-hydroxylation sites is 1. The summed E-state index contributed by atoms with van der Waals surface area (Å²) in [6, 6.07) is 20.0. The third-order valence-electron chi connectivity index (χ3n) is 5.92. The quantitative estimate of drug-likeness (QED) is 0.183. The van der Waals surface area contributed by atoms with Crippen LogP contribution in [0.2, 0.25) is 0 Å². The number of anilines is 1. The molecule has 0 bridgehead atoms. The summed E-state index contributed by atoms with van der Waals surface area (Å²) in [5.74, 6) is 0.366. The van der Waals surface area contributed by atoms with Gasteiger partial charge < -0.3 is 10.5 Å². The second kappa shape index (κ2) is 12.8. The molecule has 1 aliphatic heterocycles. The molecule has 0 atom stereocenters. The molecule has 0 radical (unpaired) electrons. The smallest absolute Gasteiger partial charge is 0.406 e. The first kappa shape index (κ1) is 29.5. The topological polar surface area (TPSA) is 105 Å². The van der Waals surface area contributed by atoms with Gasteiger partial charge in [-0.2, -0.15) is 5.10 Å². The fourth-order valence-electron chi connectivity index (χ4n) is 3.88. The van der Waals surface area contributed by atoms with Gasteiger partial charge in [0.2, 0.25) is 5.91 Å². The van der Waals surface area contributed by atoms with Gasteiger partial charge in [0.05, 0.1) is 22.8 Å². The molecule has 1 aliphatic rings. The first-order valence-corrected chi connectivity index (χ1v) is 13.5. The van der Waals surface area contributed by atoms with Crippen molar-refractivity contribution >= 4 is 52.1 Å². The van der Waals surface area contributed by atoms with Crippen molar-refractivity contribution in [3.05, 3.63) is 89.5 Å². The molecule has 1 fully saturated rings. The number of benzene rings is 3. The largest absolute Gasteiger partial charge is 0.573 e. The Hall–Kier alpha value is -4.45. The second-order valence-electron chi connectivity index (χ2n) is 9.18. The van der Waals surface area contributed by atoms with Crippen LogP contribution >= 0.6 is 11.8 Å². The van der Waals surface area contributed by atoms with E-state index in [9.17, 15) is 18.0 Å². The summed E-state index contributed by atoms with van der Waals surface area (Å²) in [6.07, 6.45) is -3.54. The maximum atomic E-state index is 12.7. The van der Waals surface area contributed by atoms with Crippen LogP contribution in [-0.2, 0) is 4.79 Å². The van der Waals surface area contributed by atoms with E-state index in [1.165, 1.54) is 30.2 Å². The number of aliphatic imine (C=N–C) groups is 2. The van der Waals surface area contributed by atoms with Crippen molar-refractivity contribution in [2.24, 2.45) is 25.9 Å². The third-order valence-corrected chi connectivity index (χ3v) is 6.84. The molecule has 3 aromatic carbocycles. The molecule has 0 aromatic heterocycles. The lowest BCUT2D eigenvalue weighted by Crippen LogP contribution is -2.30. The van der Waals surface area contributed by atoms with E-state index < -0.39 is 6.36 Å². The zero-order valence-corrected chi connectivity index (χ0v) is 23.3. The highest BCUT2D eigenvalue weighted by molar-refractivity contribution is 8.15. The van der Waals surface area contributed by atoms with E-state index >= 15 is 0 Å². The molecule has 0 unspecified atom stereocenters. The van der Waals surface area contributed by atoms with Crippen molar-refractivity contribution in [3.63, 3.8) is 0 Å². The van der Waals surface area contributed by atoms with Crippen LogP contribution in [0.5, 0.6) is 5.75 Å². The molecule has 0 aliphatic carbocycles. The van der Waals surface area contributed by atoms with Crippen LogP contribution in [0.25, 0.3) is 0 Å². The van der Waals surface area contributed by atoms with Crippen LogP contribution in [0.1, 0.15) is 43.4 Å². The van der Waals surface area contributed by atoms with E-state index in [1.807, 2.05) is 43.3 Å². The van der Waals surface area contributed by atoms with E-state index in [4.69, 9.17) is 5.73 Å². The average Bonchev–Trinajstić information content (AvgIpc) is 3.31. The standard InChI is InChI=1S/C29H27F3N6O2S/c1-18(2)24-6-4-5-7-25(24)38-26(39)16-41-28(38)37-36-19(3)20-8-10-21(11-9-20)27(33)35-17-34-22-12-14-23(15-13-22)40-29(30,31)32/h4-15,17-18H,16H2,1-3H3,(H2,33,34,35)/b36-19-,37-28?. The first-order chi connectivity index (χ1) is 19.5. The van der Waals surface area contributed by atoms with Gasteiger partial charge in [0.15, 0.2) is 5.17 Å². The Bertz CT molecular complexity index is 1510. The van der Waals surface area contributed by atoms with Crippen molar-refractivity contribution in [3.8, 4) is 5.75 Å². The molecule has 2 N–H and O–H groups in total. The predicted octanol–water partition coefficient (Wildman–Crippen LogP) is 6.63. The van der Waals surface area contributed by atoms with Crippen molar-refractivity contribution in [2.45, 2.75) is 33.1 Å². The number of hydrogen-bond acceptors (Lipinski definition) is 6. The first-order valence-electron chi connectivity index (χ1n) is 12.5. The summed E-state index contributed by atoms with van der Waals surface area (Å²) in [6.45, 7) is 5.99. The molecule has 212 valence electrons. The van der Waals surface area contributed by atoms with Crippen LogP contribution < -0.4 is 15.4 Å². The SMILES string of the molecule is C/C(=N/N=C1SCC(=O)N1c1ccccc1C(C)C)c1ccc(C(N)=NC=Nc2ccc(OC(F)(F)F)cc2)cc1. The van der Waals surface area contributed by atoms with Gasteiger partial charge in [-0.15, -0.1) is 18.3 Å². The van der Waals surface area contributed by atoms with Crippen LogP contribution in [0, 0.1) is 0 Å². The highest BCUT2D eigenvalue weighted by Gasteiger charge is 2.32. The number of ether oxygens (including phenoxy) is 1. The van der Waals surface area contributed by atoms with Crippen LogP contribution in [0.15, 0.2) is 93.0 Å². The zero-order valence-electron chi connectivity index (χ0n) is 22.5. The number of hydrogen-bond donors (Lipinski definition) is 1. The predicted molar refractivity (Wildman–Crippen MR) is 159 cm³/mol. The Kier molecular flexibility index (Phi) is 9.23. The molecule has 0 spiro atoms. The molecule has 12 heteroatoms. The molecular weight excluding hydrogens is 553 g/mol. The van der Waals surface area contributed by atoms with Crippen molar-refractivity contribution in [1.82, 2.24) is 0 Å². The Labute approximate surface area is 239 Å². The van der Waals surface area contributed by atoms with E-state index in [2.05, 4.69) is 38.8 Å². The van der Waals surface area contributed by atoms with E-state index in [1.54, 1.807) is 17.0 Å². The maximum Gasteiger partial charge on any atom is 0.573 e. The molecule has 3 aromatic rings. The minimum Gasteiger partial charge on any atom is -0.406 e. The Balaban J connectivity index is 1.44. The van der Waals surface area contributed by atoms with E-state index in [-0.39, 0.29) is 23.4 Å². The van der Waals surface area contributed by atoms with Gasteiger partial charge in [-0.3, -0.25) is 9.69 Å². The molecular formula is C29H27F3N6O2S. The van der Waals surface area contributed by atoms with Gasteiger partial charge in [0.25, 0.3) is 0 Å². The summed E-state index contributed by atoms with van der Waals surface area (Å²) in [5.41, 5.74) is 10.4. The number of carbonyl (C=O) groups excluding carboxylic acids is 1. The Morgan fingerprint density at radius 3 is 2.34 bits per heavy atom. The summed E-state index contributed by atoms with van der Waals surface area (Å²) < 4.78 is 40.7. The number of halogens is 3. The van der Waals surface area contributed by atoms with Gasteiger partial charge in [-0.1, -0.05) is 68.1 Å². The van der Waals surface area contributed by atoms with Crippen molar-refractivity contribution in [1.29, 1.82) is 0 Å². The van der Waals surface area contributed by atoms with Crippen molar-refractivity contribution in [2.75, 3.05) is 10.7 Å². The molecule has 4 rings (SSSR count).